The molecular formula is C41H39F4N7O4. The number of benzene rings is 2. The summed E-state index contributed by atoms with van der Waals surface area (Å²) in [6.07, 6.45) is 9.86. The molecule has 0 amide bonds. The first-order valence-corrected chi connectivity index (χ1v) is 19.2. The van der Waals surface area contributed by atoms with E-state index in [2.05, 4.69) is 30.6 Å². The van der Waals surface area contributed by atoms with Crippen molar-refractivity contribution in [1.29, 1.82) is 0 Å². The van der Waals surface area contributed by atoms with E-state index in [1.54, 1.807) is 6.92 Å². The minimum Gasteiger partial charge on any atom is -0.461 e. The Bertz CT molecular complexity index is 2550. The predicted molar refractivity (Wildman–Crippen MR) is 199 cm³/mol. The van der Waals surface area contributed by atoms with Crippen molar-refractivity contribution in [3.63, 3.8) is 0 Å². The van der Waals surface area contributed by atoms with Crippen LogP contribution >= 0.6 is 0 Å². The van der Waals surface area contributed by atoms with Crippen LogP contribution in [-0.2, 0) is 13.0 Å². The average Bonchev–Trinajstić information content (AvgIpc) is 3.87. The van der Waals surface area contributed by atoms with Crippen LogP contribution in [0.5, 0.6) is 6.01 Å². The summed E-state index contributed by atoms with van der Waals surface area (Å²) in [4.78, 5) is 32.5. The molecule has 15 heteroatoms. The minimum atomic E-state index is -1.03. The molecule has 0 aliphatic carbocycles. The SMILES string of the molecule is C#Cc1c(F)ccc2cc(N)nc(-c3c(F)c4c5c(nc(OC[C@@]67CCCN6C[C@H](F)C7)nc5c3F)N3C[C@H]5CC[C@@H]([C@H]3CCC4)N5Cc3oc(=O)oc3C)c12. The molecule has 0 saturated carbocycles. The van der Waals surface area contributed by atoms with Crippen LogP contribution in [0.25, 0.3) is 32.9 Å². The Labute approximate surface area is 318 Å². The van der Waals surface area contributed by atoms with Crippen molar-refractivity contribution < 1.29 is 31.1 Å². The Morgan fingerprint density at radius 1 is 1.05 bits per heavy atom. The summed E-state index contributed by atoms with van der Waals surface area (Å²) >= 11 is 0. The molecular weight excluding hydrogens is 730 g/mol. The van der Waals surface area contributed by atoms with Crippen molar-refractivity contribution in [3.05, 3.63) is 68.9 Å². The number of pyridine rings is 1. The maximum Gasteiger partial charge on any atom is 0.519 e. The molecule has 5 aliphatic rings. The van der Waals surface area contributed by atoms with E-state index in [-0.39, 0.29) is 76.1 Å². The number of alkyl halides is 1. The van der Waals surface area contributed by atoms with Gasteiger partial charge in [-0.25, -0.2) is 27.3 Å². The van der Waals surface area contributed by atoms with Gasteiger partial charge in [0, 0.05) is 48.6 Å². The predicted octanol–water partition coefficient (Wildman–Crippen LogP) is 6.19. The third-order valence-electron chi connectivity index (χ3n) is 13.0. The van der Waals surface area contributed by atoms with Gasteiger partial charge >= 0.3 is 11.8 Å². The molecule has 8 heterocycles. The van der Waals surface area contributed by atoms with Crippen molar-refractivity contribution in [2.75, 3.05) is 36.9 Å². The van der Waals surface area contributed by atoms with E-state index in [1.807, 2.05) is 0 Å². The van der Waals surface area contributed by atoms with Gasteiger partial charge in [-0.3, -0.25) is 9.80 Å². The number of terminal acetylenes is 1. The lowest BCUT2D eigenvalue weighted by Gasteiger charge is -2.48. The first-order chi connectivity index (χ1) is 27.0. The number of anilines is 2. The second-order valence-corrected chi connectivity index (χ2v) is 16.0. The number of rotatable bonds is 6. The molecule has 0 radical (unpaired) electrons. The highest BCUT2D eigenvalue weighted by Gasteiger charge is 2.50. The van der Waals surface area contributed by atoms with E-state index in [0.29, 0.717) is 61.6 Å². The highest BCUT2D eigenvalue weighted by Crippen LogP contribution is 2.47. The zero-order chi connectivity index (χ0) is 38.6. The number of nitrogens with two attached hydrogens (primary N) is 1. The third-order valence-corrected chi connectivity index (χ3v) is 13.0. The van der Waals surface area contributed by atoms with Gasteiger partial charge in [0.2, 0.25) is 0 Å². The lowest BCUT2D eigenvalue weighted by atomic mass is 9.89. The molecule has 10 rings (SSSR count). The van der Waals surface area contributed by atoms with Gasteiger partial charge in [-0.2, -0.15) is 9.97 Å². The van der Waals surface area contributed by atoms with Crippen molar-refractivity contribution in [2.45, 2.75) is 94.7 Å². The minimum absolute atomic E-state index is 0.00734. The summed E-state index contributed by atoms with van der Waals surface area (Å²) in [5, 5.41) is 0.661. The van der Waals surface area contributed by atoms with Crippen LogP contribution in [0, 0.1) is 36.7 Å². The van der Waals surface area contributed by atoms with Gasteiger partial charge in [-0.1, -0.05) is 12.0 Å². The standard InChI is InChI=1S/C41H39F4N7O4/c1-3-24-26(43)10-8-21-14-30(46)47-36(31(21)24)33-34(44)25-6-4-7-27-28-11-9-23(51(28)18-29-20(2)55-40(53)56-29)17-52(27)38-32(25)37(35(33)45)48-39(49-38)54-19-41-12-5-13-50(41)16-22(42)15-41/h1,8,10,14,22-23,27-28H,4-7,9,11-13,15-19H2,2H3,(H2,46,47)/t22-,23-,27-,28+,41+/m1/s1. The third kappa shape index (κ3) is 5.32. The number of hydrogen-bond acceptors (Lipinski definition) is 11. The van der Waals surface area contributed by atoms with Crippen LogP contribution in [0.4, 0.5) is 29.2 Å². The molecule has 2 aromatic carbocycles. The van der Waals surface area contributed by atoms with Gasteiger partial charge < -0.3 is 24.2 Å². The first-order valence-electron chi connectivity index (χ1n) is 19.2. The highest BCUT2D eigenvalue weighted by molar-refractivity contribution is 6.04. The molecule has 56 heavy (non-hydrogen) atoms. The number of hydrogen-bond donors (Lipinski definition) is 1. The lowest BCUT2D eigenvalue weighted by Crippen LogP contribution is -2.60. The summed E-state index contributed by atoms with van der Waals surface area (Å²) in [5.41, 5.74) is 4.76. The molecule has 2 bridgehead atoms. The molecule has 0 spiro atoms. The normalized spacial score (nSPS) is 26.0. The number of ether oxygens (including phenoxy) is 1. The number of aromatic nitrogens is 3. The van der Waals surface area contributed by atoms with Gasteiger partial charge in [0.1, 0.15) is 47.3 Å². The van der Waals surface area contributed by atoms with Crippen LogP contribution in [0.2, 0.25) is 0 Å². The fourth-order valence-corrected chi connectivity index (χ4v) is 10.5. The van der Waals surface area contributed by atoms with Gasteiger partial charge in [0.05, 0.1) is 34.3 Å². The quantitative estimate of drug-likeness (QED) is 0.157. The molecule has 290 valence electrons. The average molecular weight is 770 g/mol. The molecule has 5 atom stereocenters. The van der Waals surface area contributed by atoms with E-state index >= 15 is 13.2 Å². The molecule has 4 saturated heterocycles. The Morgan fingerprint density at radius 3 is 2.71 bits per heavy atom. The highest BCUT2D eigenvalue weighted by atomic mass is 19.1. The monoisotopic (exact) mass is 769 g/mol. The number of piperazine rings is 1. The lowest BCUT2D eigenvalue weighted by molar-refractivity contribution is 0.106. The zero-order valence-electron chi connectivity index (χ0n) is 30.7. The largest absolute Gasteiger partial charge is 0.519 e. The van der Waals surface area contributed by atoms with E-state index < -0.39 is 40.5 Å². The molecule has 2 N–H and O–H groups in total. The van der Waals surface area contributed by atoms with Gasteiger partial charge in [0.15, 0.2) is 11.6 Å². The summed E-state index contributed by atoms with van der Waals surface area (Å²) < 4.78 is 81.8. The molecule has 3 aromatic heterocycles. The Kier molecular flexibility index (Phi) is 8.13. The molecule has 4 fully saturated rings. The van der Waals surface area contributed by atoms with Crippen molar-refractivity contribution in [3.8, 4) is 29.6 Å². The van der Waals surface area contributed by atoms with Crippen LogP contribution in [0.1, 0.15) is 67.6 Å². The van der Waals surface area contributed by atoms with Crippen molar-refractivity contribution >= 4 is 33.3 Å². The first kappa shape index (κ1) is 35.2. The van der Waals surface area contributed by atoms with E-state index in [9.17, 15) is 9.18 Å². The zero-order valence-corrected chi connectivity index (χ0v) is 30.7. The van der Waals surface area contributed by atoms with Crippen LogP contribution in [0.15, 0.2) is 31.8 Å². The summed E-state index contributed by atoms with van der Waals surface area (Å²) in [5.74, 6) is 0.197. The van der Waals surface area contributed by atoms with Crippen LogP contribution in [0.3, 0.4) is 0 Å². The Balaban J connectivity index is 1.16. The summed E-state index contributed by atoms with van der Waals surface area (Å²) in [6.45, 7) is 3.76. The second-order valence-electron chi connectivity index (χ2n) is 16.0. The Morgan fingerprint density at radius 2 is 1.91 bits per heavy atom. The van der Waals surface area contributed by atoms with E-state index in [0.717, 1.165) is 32.2 Å². The number of nitrogen functional groups attached to an aromatic ring is 1. The molecule has 11 nitrogen and oxygen atoms in total. The summed E-state index contributed by atoms with van der Waals surface area (Å²) in [6, 6.07) is 3.92. The number of aryl methyl sites for hydroxylation is 2. The number of halogens is 4. The van der Waals surface area contributed by atoms with Crippen LogP contribution < -0.4 is 21.2 Å². The van der Waals surface area contributed by atoms with Gasteiger partial charge in [-0.15, -0.1) is 6.42 Å². The number of nitrogens with zero attached hydrogens (tertiary/aromatic N) is 6. The molecule has 5 aliphatic heterocycles. The molecule has 5 aromatic rings. The fraction of sp³-hybridized carbons (Fsp3) is 0.463. The smallest absolute Gasteiger partial charge is 0.461 e. The van der Waals surface area contributed by atoms with E-state index in [4.69, 9.17) is 30.7 Å². The topological polar surface area (TPSA) is 127 Å². The second kappa shape index (κ2) is 12.9. The van der Waals surface area contributed by atoms with Crippen molar-refractivity contribution in [1.82, 2.24) is 24.8 Å². The molecule has 0 unspecified atom stereocenters. The van der Waals surface area contributed by atoms with Gasteiger partial charge in [-0.05, 0) is 75.9 Å². The summed E-state index contributed by atoms with van der Waals surface area (Å²) in [7, 11) is 0. The maximum absolute atomic E-state index is 17.5. The van der Waals surface area contributed by atoms with Gasteiger partial charge in [0.25, 0.3) is 0 Å². The fourth-order valence-electron chi connectivity index (χ4n) is 10.5. The van der Waals surface area contributed by atoms with Crippen molar-refractivity contribution in [2.24, 2.45) is 0 Å². The number of fused-ring (bicyclic) bond motifs is 7. The van der Waals surface area contributed by atoms with Crippen LogP contribution in [-0.4, -0.2) is 80.8 Å². The van der Waals surface area contributed by atoms with E-state index in [1.165, 1.54) is 18.2 Å². The maximum atomic E-state index is 17.5. The Hall–Kier alpha value is -5.20.